The largest absolute Gasteiger partial charge is 0.343 e. The molecule has 1 fully saturated rings. The highest BCUT2D eigenvalue weighted by Gasteiger charge is 2.27. The van der Waals surface area contributed by atoms with E-state index in [-0.39, 0.29) is 11.9 Å². The van der Waals surface area contributed by atoms with E-state index in [2.05, 4.69) is 35.0 Å². The number of nitrogens with zero attached hydrogens (tertiary/aromatic N) is 6. The summed E-state index contributed by atoms with van der Waals surface area (Å²) in [5, 5.41) is 4.53. The molecule has 2 aliphatic rings. The van der Waals surface area contributed by atoms with Crippen molar-refractivity contribution < 1.29 is 4.79 Å². The van der Waals surface area contributed by atoms with Crippen LogP contribution in [0.3, 0.4) is 0 Å². The van der Waals surface area contributed by atoms with Gasteiger partial charge in [-0.15, -0.1) is 0 Å². The second-order valence-corrected chi connectivity index (χ2v) is 8.77. The molecule has 0 N–H and O–H groups in total. The molecule has 0 aliphatic carbocycles. The molecule has 4 heterocycles. The molecule has 1 atom stereocenters. The number of piperidine rings is 1. The zero-order valence-electron chi connectivity index (χ0n) is 18.1. The van der Waals surface area contributed by atoms with E-state index in [0.29, 0.717) is 12.3 Å². The number of aromatic nitrogens is 4. The van der Waals surface area contributed by atoms with E-state index in [9.17, 15) is 4.79 Å². The van der Waals surface area contributed by atoms with Crippen LogP contribution >= 0.6 is 0 Å². The molecule has 2 aliphatic heterocycles. The molecular weight excluding hydrogens is 364 g/mol. The maximum absolute atomic E-state index is 12.8. The molecule has 0 unspecified atom stereocenters. The van der Waals surface area contributed by atoms with Gasteiger partial charge in [-0.3, -0.25) is 9.48 Å². The van der Waals surface area contributed by atoms with Crippen LogP contribution in [0.5, 0.6) is 0 Å². The molecule has 7 heteroatoms. The van der Waals surface area contributed by atoms with Crippen LogP contribution in [-0.2, 0) is 17.8 Å². The lowest BCUT2D eigenvalue weighted by Crippen LogP contribution is -2.39. The topological polar surface area (TPSA) is 67.2 Å². The maximum Gasteiger partial charge on any atom is 0.224 e. The van der Waals surface area contributed by atoms with Gasteiger partial charge in [-0.05, 0) is 46.7 Å². The fourth-order valence-electron chi connectivity index (χ4n) is 4.62. The van der Waals surface area contributed by atoms with E-state index in [4.69, 9.17) is 4.98 Å². The molecule has 2 aromatic heterocycles. The van der Waals surface area contributed by atoms with Crippen LogP contribution in [0.2, 0.25) is 0 Å². The Kier molecular flexibility index (Phi) is 5.67. The quantitative estimate of drug-likeness (QED) is 0.795. The number of hydrogen-bond donors (Lipinski definition) is 0. The van der Waals surface area contributed by atoms with Gasteiger partial charge in [0.15, 0.2) is 0 Å². The van der Waals surface area contributed by atoms with Gasteiger partial charge in [0.05, 0.1) is 11.7 Å². The number of aryl methyl sites for hydroxylation is 2. The summed E-state index contributed by atoms with van der Waals surface area (Å²) in [7, 11) is 2.14. The number of hydrogen-bond acceptors (Lipinski definition) is 5. The van der Waals surface area contributed by atoms with Crippen molar-refractivity contribution >= 4 is 5.91 Å². The molecule has 7 nitrogen and oxygen atoms in total. The van der Waals surface area contributed by atoms with Crippen LogP contribution in [-0.4, -0.2) is 62.1 Å². The summed E-state index contributed by atoms with van der Waals surface area (Å²) in [6, 6.07) is 2.14. The monoisotopic (exact) mass is 396 g/mol. The maximum atomic E-state index is 12.8. The van der Waals surface area contributed by atoms with Crippen molar-refractivity contribution in [3.63, 3.8) is 0 Å². The van der Waals surface area contributed by atoms with E-state index >= 15 is 0 Å². The number of fused-ring (bicyclic) bond motifs is 1. The van der Waals surface area contributed by atoms with Crippen LogP contribution in [0.1, 0.15) is 66.6 Å². The highest BCUT2D eigenvalue weighted by Crippen LogP contribution is 2.28. The smallest absolute Gasteiger partial charge is 0.224 e. The van der Waals surface area contributed by atoms with E-state index in [0.717, 1.165) is 62.7 Å². The Morgan fingerprint density at radius 1 is 1.24 bits per heavy atom. The van der Waals surface area contributed by atoms with Gasteiger partial charge >= 0.3 is 0 Å². The summed E-state index contributed by atoms with van der Waals surface area (Å²) in [6.45, 7) is 9.68. The van der Waals surface area contributed by atoms with Gasteiger partial charge in [-0.25, -0.2) is 9.97 Å². The molecule has 156 valence electrons. The second kappa shape index (κ2) is 8.22. The predicted molar refractivity (Wildman–Crippen MR) is 112 cm³/mol. The Morgan fingerprint density at radius 3 is 2.69 bits per heavy atom. The van der Waals surface area contributed by atoms with Gasteiger partial charge in [0.2, 0.25) is 5.91 Å². The lowest BCUT2D eigenvalue weighted by atomic mass is 9.95. The minimum atomic E-state index is 0.0797. The summed E-state index contributed by atoms with van der Waals surface area (Å²) >= 11 is 0. The average Bonchev–Trinajstić information content (AvgIpc) is 3.05. The number of carbonyl (C=O) groups excluding carboxylic acids is 1. The molecule has 1 saturated heterocycles. The minimum Gasteiger partial charge on any atom is -0.343 e. The van der Waals surface area contributed by atoms with Crippen molar-refractivity contribution in [2.45, 2.75) is 65.0 Å². The third-order valence-electron chi connectivity index (χ3n) is 6.29. The van der Waals surface area contributed by atoms with E-state index in [1.807, 2.05) is 29.6 Å². The Hall–Kier alpha value is -2.28. The summed E-state index contributed by atoms with van der Waals surface area (Å²) < 4.78 is 1.97. The summed E-state index contributed by atoms with van der Waals surface area (Å²) in [5.74, 6) is 1.55. The van der Waals surface area contributed by atoms with Crippen LogP contribution in [0.4, 0.5) is 0 Å². The summed E-state index contributed by atoms with van der Waals surface area (Å²) in [5.41, 5.74) is 4.58. The molecule has 2 aromatic rings. The van der Waals surface area contributed by atoms with Crippen LogP contribution in [0, 0.1) is 13.8 Å². The first-order valence-corrected chi connectivity index (χ1v) is 10.7. The number of likely N-dealkylation sites (tertiary alicyclic amines) is 1. The van der Waals surface area contributed by atoms with Gasteiger partial charge in [0.25, 0.3) is 0 Å². The van der Waals surface area contributed by atoms with Crippen molar-refractivity contribution in [1.29, 1.82) is 0 Å². The van der Waals surface area contributed by atoms with Gasteiger partial charge in [-0.1, -0.05) is 0 Å². The highest BCUT2D eigenvalue weighted by atomic mass is 16.2. The first kappa shape index (κ1) is 20.0. The zero-order valence-corrected chi connectivity index (χ0v) is 18.1. The lowest BCUT2D eigenvalue weighted by Gasteiger charge is -2.32. The molecule has 1 amide bonds. The fraction of sp³-hybridized carbons (Fsp3) is 0.636. The molecule has 4 rings (SSSR count). The first-order valence-electron chi connectivity index (χ1n) is 10.7. The molecular formula is C22H32N6O. The van der Waals surface area contributed by atoms with Crippen molar-refractivity contribution in [3.05, 3.63) is 40.7 Å². The number of rotatable bonds is 4. The van der Waals surface area contributed by atoms with Gasteiger partial charge in [-0.2, -0.15) is 5.10 Å². The number of carbonyl (C=O) groups is 1. The molecule has 0 aromatic carbocycles. The minimum absolute atomic E-state index is 0.0797. The third kappa shape index (κ3) is 4.34. The molecule has 0 radical (unpaired) electrons. The molecule has 0 saturated carbocycles. The molecule has 0 spiro atoms. The van der Waals surface area contributed by atoms with E-state index < -0.39 is 0 Å². The number of amides is 1. The van der Waals surface area contributed by atoms with Crippen LogP contribution in [0.25, 0.3) is 0 Å². The zero-order chi connectivity index (χ0) is 20.5. The Labute approximate surface area is 173 Å². The van der Waals surface area contributed by atoms with Crippen LogP contribution < -0.4 is 0 Å². The number of likely N-dealkylation sites (N-methyl/N-ethyl adjacent to an activating group) is 1. The van der Waals surface area contributed by atoms with Crippen molar-refractivity contribution in [1.82, 2.24) is 29.5 Å². The predicted octanol–water partition coefficient (Wildman–Crippen LogP) is 2.64. The van der Waals surface area contributed by atoms with Crippen LogP contribution in [0.15, 0.2) is 12.3 Å². The average molecular weight is 397 g/mol. The van der Waals surface area contributed by atoms with Gasteiger partial charge < -0.3 is 9.80 Å². The summed E-state index contributed by atoms with van der Waals surface area (Å²) in [6.07, 6.45) is 5.40. The SMILES string of the molecule is Cc1cc(C)n([C@@H](C)CC(=O)N2CCC(c3ncc4c(n3)CCN(C)C4)CC2)n1. The highest BCUT2D eigenvalue weighted by molar-refractivity contribution is 5.76. The Bertz CT molecular complexity index is 883. The van der Waals surface area contributed by atoms with Gasteiger partial charge in [0.1, 0.15) is 5.82 Å². The molecule has 29 heavy (non-hydrogen) atoms. The van der Waals surface area contributed by atoms with Crippen molar-refractivity contribution in [2.75, 3.05) is 26.7 Å². The standard InChI is InChI=1S/C22H32N6O/c1-15-11-16(2)28(25-15)17(3)12-21(29)27-9-5-18(6-10-27)22-23-13-19-14-26(4)8-7-20(19)24-22/h11,13,17-18H,5-10,12,14H2,1-4H3/t17-/m0/s1. The first-order chi connectivity index (χ1) is 13.9. The van der Waals surface area contributed by atoms with Crippen molar-refractivity contribution in [3.8, 4) is 0 Å². The van der Waals surface area contributed by atoms with E-state index in [1.54, 1.807) is 0 Å². The Morgan fingerprint density at radius 2 is 2.00 bits per heavy atom. The molecule has 0 bridgehead atoms. The second-order valence-electron chi connectivity index (χ2n) is 8.77. The fourth-order valence-corrected chi connectivity index (χ4v) is 4.62. The normalized spacial score (nSPS) is 19.2. The summed E-state index contributed by atoms with van der Waals surface area (Å²) in [4.78, 5) is 26.7. The van der Waals surface area contributed by atoms with E-state index in [1.165, 1.54) is 11.3 Å². The Balaban J connectivity index is 1.33. The van der Waals surface area contributed by atoms with Crippen molar-refractivity contribution in [2.24, 2.45) is 0 Å². The van der Waals surface area contributed by atoms with Gasteiger partial charge in [0, 0.05) is 68.1 Å². The lowest BCUT2D eigenvalue weighted by molar-refractivity contribution is -0.133. The third-order valence-corrected chi connectivity index (χ3v) is 6.29.